The molecule has 1 aliphatic heterocycles. The number of allylic oxidation sites excluding steroid dienone is 4. The summed E-state index contributed by atoms with van der Waals surface area (Å²) in [5.74, 6) is -0.532. The average molecular weight is 581 g/mol. The third-order valence-electron chi connectivity index (χ3n) is 6.20. The third kappa shape index (κ3) is 8.21. The van der Waals surface area contributed by atoms with Gasteiger partial charge in [-0.15, -0.1) is 0 Å². The number of aliphatic imine (C=N–C) groups is 2. The number of hydrogen-bond acceptors (Lipinski definition) is 7. The minimum atomic E-state index is -0.464. The minimum Gasteiger partial charge on any atom is -0.465 e. The Labute approximate surface area is 232 Å². The van der Waals surface area contributed by atoms with Gasteiger partial charge in [0.1, 0.15) is 0 Å². The standard InChI is InChI=1S/C29H34BrN5O3/c1-20(33-17-22-8-6-12-32-16-22)14-27(34-21(2)26(30)18-31-3)25-11-7-13-35(19-25)28(36)23-9-5-10-24(15-23)29(37)38-4/h5-6,8-10,12,14-16,18,25,33H,7,11,13,17,19H2,1-4H3/b20-14+,26-21-,31-18?,34-27+. The van der Waals surface area contributed by atoms with Gasteiger partial charge >= 0.3 is 5.97 Å². The summed E-state index contributed by atoms with van der Waals surface area (Å²) in [5.41, 5.74) is 4.57. The van der Waals surface area contributed by atoms with Crippen molar-refractivity contribution in [2.75, 3.05) is 27.2 Å². The van der Waals surface area contributed by atoms with Gasteiger partial charge in [-0.05, 0) is 78.5 Å². The maximum absolute atomic E-state index is 13.4. The molecule has 1 amide bonds. The third-order valence-corrected chi connectivity index (χ3v) is 6.98. The van der Waals surface area contributed by atoms with E-state index in [1.165, 1.54) is 7.11 Å². The van der Waals surface area contributed by atoms with E-state index >= 15 is 0 Å². The maximum atomic E-state index is 13.4. The first-order valence-electron chi connectivity index (χ1n) is 12.5. The molecule has 1 aromatic heterocycles. The normalized spacial score (nSPS) is 17.3. The summed E-state index contributed by atoms with van der Waals surface area (Å²) in [4.78, 5) is 40.4. The molecule has 1 atom stereocenters. The molecular formula is C29H34BrN5O3. The van der Waals surface area contributed by atoms with Gasteiger partial charge in [0, 0.05) is 68.2 Å². The molecule has 0 spiro atoms. The fourth-order valence-electron chi connectivity index (χ4n) is 4.19. The number of carbonyl (C=O) groups is 2. The van der Waals surface area contributed by atoms with Gasteiger partial charge in [0.15, 0.2) is 0 Å². The van der Waals surface area contributed by atoms with E-state index in [9.17, 15) is 9.59 Å². The van der Waals surface area contributed by atoms with Crippen molar-refractivity contribution in [1.82, 2.24) is 15.2 Å². The van der Waals surface area contributed by atoms with Crippen molar-refractivity contribution in [2.45, 2.75) is 33.2 Å². The molecule has 3 rings (SSSR count). The second-order valence-corrected chi connectivity index (χ2v) is 9.92. The second kappa shape index (κ2) is 14.4. The number of carbonyl (C=O) groups excluding carboxylic acids is 2. The predicted molar refractivity (Wildman–Crippen MR) is 155 cm³/mol. The molecule has 2 aromatic rings. The van der Waals surface area contributed by atoms with Crippen LogP contribution in [0.25, 0.3) is 0 Å². The fourth-order valence-corrected chi connectivity index (χ4v) is 4.49. The van der Waals surface area contributed by atoms with Crippen molar-refractivity contribution >= 4 is 39.7 Å². The molecule has 0 saturated carbocycles. The molecule has 0 bridgehead atoms. The van der Waals surface area contributed by atoms with Crippen molar-refractivity contribution in [3.05, 3.63) is 87.4 Å². The zero-order valence-electron chi connectivity index (χ0n) is 22.3. The first-order chi connectivity index (χ1) is 18.3. The van der Waals surface area contributed by atoms with E-state index in [1.807, 2.05) is 37.1 Å². The lowest BCUT2D eigenvalue weighted by atomic mass is 9.91. The zero-order valence-corrected chi connectivity index (χ0v) is 23.9. The zero-order chi connectivity index (χ0) is 27.5. The van der Waals surface area contributed by atoms with Gasteiger partial charge < -0.3 is 15.0 Å². The number of nitrogens with one attached hydrogen (secondary N) is 1. The number of piperidine rings is 1. The van der Waals surface area contributed by atoms with Gasteiger partial charge in [-0.25, -0.2) is 4.79 Å². The Balaban J connectivity index is 1.85. The molecule has 1 unspecified atom stereocenters. The number of hydrogen-bond donors (Lipinski definition) is 1. The molecule has 1 aliphatic rings. The summed E-state index contributed by atoms with van der Waals surface area (Å²) in [6.45, 7) is 5.77. The van der Waals surface area contributed by atoms with E-state index in [1.54, 1.807) is 43.7 Å². The van der Waals surface area contributed by atoms with Crippen LogP contribution in [0.1, 0.15) is 53.0 Å². The Morgan fingerprint density at radius 1 is 1.24 bits per heavy atom. The number of amides is 1. The van der Waals surface area contributed by atoms with E-state index in [0.29, 0.717) is 30.8 Å². The van der Waals surface area contributed by atoms with Crippen LogP contribution in [0.5, 0.6) is 0 Å². The van der Waals surface area contributed by atoms with E-state index < -0.39 is 5.97 Å². The predicted octanol–water partition coefficient (Wildman–Crippen LogP) is 5.18. The van der Waals surface area contributed by atoms with E-state index in [0.717, 1.165) is 40.0 Å². The van der Waals surface area contributed by atoms with Gasteiger partial charge in [-0.1, -0.05) is 12.1 Å². The fraction of sp³-hybridized carbons (Fsp3) is 0.345. The van der Waals surface area contributed by atoms with Crippen molar-refractivity contribution in [3.63, 3.8) is 0 Å². The number of halogens is 1. The maximum Gasteiger partial charge on any atom is 0.337 e. The highest BCUT2D eigenvalue weighted by molar-refractivity contribution is 9.12. The SMILES string of the molecule is CN=C/C(Br)=C(C)/N=C(\C=C(/C)NCc1cccnc1)C1CCCN(C(=O)c2cccc(C(=O)OC)c2)C1. The monoisotopic (exact) mass is 579 g/mol. The lowest BCUT2D eigenvalue weighted by molar-refractivity contribution is 0.0600. The lowest BCUT2D eigenvalue weighted by Crippen LogP contribution is -2.42. The van der Waals surface area contributed by atoms with Crippen LogP contribution >= 0.6 is 15.9 Å². The largest absolute Gasteiger partial charge is 0.465 e. The second-order valence-electron chi connectivity index (χ2n) is 9.06. The molecule has 8 nitrogen and oxygen atoms in total. The molecular weight excluding hydrogens is 546 g/mol. The quantitative estimate of drug-likeness (QED) is 0.326. The van der Waals surface area contributed by atoms with Gasteiger partial charge in [0.05, 0.1) is 22.9 Å². The molecule has 2 heterocycles. The van der Waals surface area contributed by atoms with Crippen molar-refractivity contribution in [1.29, 1.82) is 0 Å². The number of benzene rings is 1. The summed E-state index contributed by atoms with van der Waals surface area (Å²) in [6.07, 6.45) is 9.12. The number of pyridine rings is 1. The smallest absolute Gasteiger partial charge is 0.337 e. The van der Waals surface area contributed by atoms with Crippen molar-refractivity contribution < 1.29 is 14.3 Å². The molecule has 1 aromatic carbocycles. The Morgan fingerprint density at radius 3 is 2.74 bits per heavy atom. The number of esters is 1. The molecule has 9 heteroatoms. The van der Waals surface area contributed by atoms with E-state index in [-0.39, 0.29) is 11.8 Å². The van der Waals surface area contributed by atoms with Crippen LogP contribution in [0.15, 0.2) is 80.7 Å². The number of methoxy groups -OCH3 is 1. The summed E-state index contributed by atoms with van der Waals surface area (Å²) < 4.78 is 5.61. The number of likely N-dealkylation sites (tertiary alicyclic amines) is 1. The van der Waals surface area contributed by atoms with E-state index in [2.05, 4.69) is 37.3 Å². The van der Waals surface area contributed by atoms with Crippen LogP contribution in [0, 0.1) is 5.92 Å². The van der Waals surface area contributed by atoms with Gasteiger partial charge in [-0.2, -0.15) is 0 Å². The van der Waals surface area contributed by atoms with Crippen LogP contribution in [-0.4, -0.2) is 60.9 Å². The molecule has 200 valence electrons. The van der Waals surface area contributed by atoms with Crippen molar-refractivity contribution in [2.24, 2.45) is 15.9 Å². The highest BCUT2D eigenvalue weighted by atomic mass is 79.9. The number of nitrogens with zero attached hydrogens (tertiary/aromatic N) is 4. The number of rotatable bonds is 9. The van der Waals surface area contributed by atoms with Crippen LogP contribution in [0.3, 0.4) is 0 Å². The molecule has 38 heavy (non-hydrogen) atoms. The van der Waals surface area contributed by atoms with Crippen LogP contribution in [0.2, 0.25) is 0 Å². The van der Waals surface area contributed by atoms with Gasteiger partial charge in [0.2, 0.25) is 0 Å². The summed E-state index contributed by atoms with van der Waals surface area (Å²) in [6, 6.07) is 10.6. The average Bonchev–Trinajstić information content (AvgIpc) is 2.95. The first-order valence-corrected chi connectivity index (χ1v) is 13.3. The van der Waals surface area contributed by atoms with Crippen molar-refractivity contribution in [3.8, 4) is 0 Å². The van der Waals surface area contributed by atoms with E-state index in [4.69, 9.17) is 9.73 Å². The molecule has 0 aliphatic carbocycles. The summed E-state index contributed by atoms with van der Waals surface area (Å²) in [7, 11) is 3.04. The summed E-state index contributed by atoms with van der Waals surface area (Å²) >= 11 is 3.55. The van der Waals surface area contributed by atoms with Crippen LogP contribution < -0.4 is 5.32 Å². The van der Waals surface area contributed by atoms with Crippen LogP contribution in [-0.2, 0) is 11.3 Å². The highest BCUT2D eigenvalue weighted by Gasteiger charge is 2.27. The Hall–Kier alpha value is -3.59. The molecule has 1 saturated heterocycles. The number of ether oxygens (including phenoxy) is 1. The van der Waals surface area contributed by atoms with Crippen LogP contribution in [0.4, 0.5) is 0 Å². The topological polar surface area (TPSA) is 96.3 Å². The highest BCUT2D eigenvalue weighted by Crippen LogP contribution is 2.23. The lowest BCUT2D eigenvalue weighted by Gasteiger charge is -2.33. The molecule has 0 radical (unpaired) electrons. The Kier molecular flexibility index (Phi) is 11.0. The minimum absolute atomic E-state index is 0.0421. The molecule has 1 N–H and O–H groups in total. The first kappa shape index (κ1) is 29.0. The van der Waals surface area contributed by atoms with Gasteiger partial charge in [-0.3, -0.25) is 19.8 Å². The van der Waals surface area contributed by atoms with Gasteiger partial charge in [0.25, 0.3) is 5.91 Å². The summed E-state index contributed by atoms with van der Waals surface area (Å²) in [5, 5.41) is 3.44. The number of aromatic nitrogens is 1. The Morgan fingerprint density at radius 2 is 2.03 bits per heavy atom. The molecule has 1 fully saturated rings. The Bertz CT molecular complexity index is 1250.